The lowest BCUT2D eigenvalue weighted by Crippen LogP contribution is -2.07. The molecule has 2 aromatic rings. The van der Waals surface area contributed by atoms with Gasteiger partial charge in [-0.1, -0.05) is 29.8 Å². The standard InChI is InChI=1S/C20H21ClO3/c1-12(2)24-19-8-7-17(21)10-16(19)11-18(20(22)23)15-6-5-13(3)14(4)9-15/h5-12H,1-4H3,(H,22,23)/b18-11-. The molecule has 0 fully saturated rings. The Morgan fingerprint density at radius 3 is 2.42 bits per heavy atom. The number of halogens is 1. The van der Waals surface area contributed by atoms with E-state index in [0.29, 0.717) is 21.9 Å². The van der Waals surface area contributed by atoms with Crippen molar-refractivity contribution < 1.29 is 14.6 Å². The summed E-state index contributed by atoms with van der Waals surface area (Å²) in [5.74, 6) is -0.384. The largest absolute Gasteiger partial charge is 0.490 e. The van der Waals surface area contributed by atoms with Gasteiger partial charge in [-0.25, -0.2) is 4.79 Å². The van der Waals surface area contributed by atoms with Gasteiger partial charge in [-0.3, -0.25) is 0 Å². The van der Waals surface area contributed by atoms with Crippen molar-refractivity contribution in [3.8, 4) is 5.75 Å². The van der Waals surface area contributed by atoms with Crippen molar-refractivity contribution in [2.24, 2.45) is 0 Å². The van der Waals surface area contributed by atoms with Crippen LogP contribution >= 0.6 is 11.6 Å². The molecule has 0 aliphatic carbocycles. The molecule has 4 heteroatoms. The van der Waals surface area contributed by atoms with Gasteiger partial charge in [-0.2, -0.15) is 0 Å². The number of carbonyl (C=O) groups is 1. The van der Waals surface area contributed by atoms with Crippen molar-refractivity contribution >= 4 is 29.2 Å². The molecule has 0 spiro atoms. The highest BCUT2D eigenvalue weighted by Gasteiger charge is 2.14. The monoisotopic (exact) mass is 344 g/mol. The minimum Gasteiger partial charge on any atom is -0.490 e. The summed E-state index contributed by atoms with van der Waals surface area (Å²) < 4.78 is 5.76. The Bertz CT molecular complexity index is 791. The van der Waals surface area contributed by atoms with Crippen LogP contribution in [0.4, 0.5) is 0 Å². The number of hydrogen-bond acceptors (Lipinski definition) is 2. The maximum absolute atomic E-state index is 11.8. The van der Waals surface area contributed by atoms with Gasteiger partial charge in [-0.15, -0.1) is 0 Å². The normalized spacial score (nSPS) is 11.7. The molecule has 0 amide bonds. The number of hydrogen-bond donors (Lipinski definition) is 1. The first-order valence-electron chi connectivity index (χ1n) is 7.76. The molecular formula is C20H21ClO3. The second-order valence-corrected chi connectivity index (χ2v) is 6.45. The fraction of sp³-hybridized carbons (Fsp3) is 0.250. The SMILES string of the molecule is Cc1ccc(/C(=C/c2cc(Cl)ccc2OC(C)C)C(=O)O)cc1C. The summed E-state index contributed by atoms with van der Waals surface area (Å²) in [6.07, 6.45) is 1.59. The molecule has 0 atom stereocenters. The molecule has 2 aromatic carbocycles. The molecule has 126 valence electrons. The van der Waals surface area contributed by atoms with Crippen LogP contribution in [0, 0.1) is 13.8 Å². The molecule has 0 aliphatic rings. The molecule has 0 heterocycles. The van der Waals surface area contributed by atoms with Crippen LogP contribution in [0.3, 0.4) is 0 Å². The smallest absolute Gasteiger partial charge is 0.336 e. The number of rotatable bonds is 5. The Hall–Kier alpha value is -2.26. The van der Waals surface area contributed by atoms with Gasteiger partial charge in [0.25, 0.3) is 0 Å². The van der Waals surface area contributed by atoms with Crippen molar-refractivity contribution in [2.45, 2.75) is 33.8 Å². The van der Waals surface area contributed by atoms with Crippen molar-refractivity contribution in [3.05, 3.63) is 63.7 Å². The molecule has 0 bridgehead atoms. The van der Waals surface area contributed by atoms with E-state index in [0.717, 1.165) is 11.1 Å². The fourth-order valence-corrected chi connectivity index (χ4v) is 2.51. The zero-order chi connectivity index (χ0) is 17.9. The predicted molar refractivity (Wildman–Crippen MR) is 98.6 cm³/mol. The molecule has 24 heavy (non-hydrogen) atoms. The Labute approximate surface area is 147 Å². The molecule has 0 aliphatic heterocycles. The van der Waals surface area contributed by atoms with Crippen LogP contribution in [-0.2, 0) is 4.79 Å². The molecular weight excluding hydrogens is 324 g/mol. The Morgan fingerprint density at radius 2 is 1.83 bits per heavy atom. The highest BCUT2D eigenvalue weighted by molar-refractivity contribution is 6.31. The fourth-order valence-electron chi connectivity index (χ4n) is 2.33. The first-order valence-corrected chi connectivity index (χ1v) is 8.14. The molecule has 0 saturated heterocycles. The number of carboxylic acids is 1. The van der Waals surface area contributed by atoms with Crippen LogP contribution in [0.15, 0.2) is 36.4 Å². The topological polar surface area (TPSA) is 46.5 Å². The van der Waals surface area contributed by atoms with Gasteiger partial charge in [0.1, 0.15) is 5.75 Å². The van der Waals surface area contributed by atoms with Gasteiger partial charge in [0.2, 0.25) is 0 Å². The van der Waals surface area contributed by atoms with Crippen molar-refractivity contribution in [2.75, 3.05) is 0 Å². The lowest BCUT2D eigenvalue weighted by molar-refractivity contribution is -0.130. The average Bonchev–Trinajstić information content (AvgIpc) is 2.49. The first kappa shape index (κ1) is 18.1. The molecule has 3 nitrogen and oxygen atoms in total. The Kier molecular flexibility index (Phi) is 5.68. The lowest BCUT2D eigenvalue weighted by Gasteiger charge is -2.14. The van der Waals surface area contributed by atoms with Crippen LogP contribution in [-0.4, -0.2) is 17.2 Å². The summed E-state index contributed by atoms with van der Waals surface area (Å²) in [5, 5.41) is 10.2. The summed E-state index contributed by atoms with van der Waals surface area (Å²) in [6, 6.07) is 10.8. The summed E-state index contributed by atoms with van der Waals surface area (Å²) in [5.41, 5.74) is 3.67. The van der Waals surface area contributed by atoms with Gasteiger partial charge < -0.3 is 9.84 Å². The van der Waals surface area contributed by atoms with Crippen LogP contribution in [0.25, 0.3) is 11.6 Å². The van der Waals surface area contributed by atoms with Crippen LogP contribution in [0.1, 0.15) is 36.1 Å². The highest BCUT2D eigenvalue weighted by atomic mass is 35.5. The number of aryl methyl sites for hydroxylation is 2. The number of carboxylic acid groups (broad SMARTS) is 1. The summed E-state index contributed by atoms with van der Waals surface area (Å²) in [4.78, 5) is 11.8. The van der Waals surface area contributed by atoms with Gasteiger partial charge in [0, 0.05) is 10.6 Å². The minimum absolute atomic E-state index is 0.0202. The zero-order valence-electron chi connectivity index (χ0n) is 14.3. The zero-order valence-corrected chi connectivity index (χ0v) is 15.0. The first-order chi connectivity index (χ1) is 11.3. The van der Waals surface area contributed by atoms with E-state index in [1.165, 1.54) is 0 Å². The molecule has 0 radical (unpaired) electrons. The summed E-state index contributed by atoms with van der Waals surface area (Å²) in [6.45, 7) is 7.80. The van der Waals surface area contributed by atoms with Gasteiger partial charge in [0.05, 0.1) is 11.7 Å². The Morgan fingerprint density at radius 1 is 1.12 bits per heavy atom. The quantitative estimate of drug-likeness (QED) is 0.586. The third-order valence-electron chi connectivity index (χ3n) is 3.68. The molecule has 0 saturated carbocycles. The highest BCUT2D eigenvalue weighted by Crippen LogP contribution is 2.29. The third kappa shape index (κ3) is 4.39. The average molecular weight is 345 g/mol. The van der Waals surface area contributed by atoms with Crippen LogP contribution in [0.5, 0.6) is 5.75 Å². The van der Waals surface area contributed by atoms with E-state index in [2.05, 4.69) is 0 Å². The second-order valence-electron chi connectivity index (χ2n) is 6.01. The van der Waals surface area contributed by atoms with Crippen molar-refractivity contribution in [1.82, 2.24) is 0 Å². The third-order valence-corrected chi connectivity index (χ3v) is 3.92. The lowest BCUT2D eigenvalue weighted by atomic mass is 9.98. The predicted octanol–water partition coefficient (Wildman–Crippen LogP) is 5.37. The summed E-state index contributed by atoms with van der Waals surface area (Å²) >= 11 is 6.08. The molecule has 2 rings (SSSR count). The number of benzene rings is 2. The molecule has 0 unspecified atom stereocenters. The van der Waals surface area contributed by atoms with E-state index in [1.807, 2.05) is 45.9 Å². The van der Waals surface area contributed by atoms with Crippen molar-refractivity contribution in [1.29, 1.82) is 0 Å². The van der Waals surface area contributed by atoms with E-state index in [1.54, 1.807) is 24.3 Å². The summed E-state index contributed by atoms with van der Waals surface area (Å²) in [7, 11) is 0. The maximum atomic E-state index is 11.8. The van der Waals surface area contributed by atoms with Gasteiger partial charge in [0.15, 0.2) is 0 Å². The van der Waals surface area contributed by atoms with Crippen LogP contribution < -0.4 is 4.74 Å². The molecule has 0 aromatic heterocycles. The minimum atomic E-state index is -0.992. The molecule has 1 N–H and O–H groups in total. The van der Waals surface area contributed by atoms with E-state index in [4.69, 9.17) is 16.3 Å². The Balaban J connectivity index is 2.57. The second kappa shape index (κ2) is 7.54. The van der Waals surface area contributed by atoms with E-state index in [9.17, 15) is 9.90 Å². The van der Waals surface area contributed by atoms with Crippen LogP contribution in [0.2, 0.25) is 5.02 Å². The maximum Gasteiger partial charge on any atom is 0.336 e. The van der Waals surface area contributed by atoms with Gasteiger partial charge in [-0.05, 0) is 68.7 Å². The van der Waals surface area contributed by atoms with Crippen molar-refractivity contribution in [3.63, 3.8) is 0 Å². The van der Waals surface area contributed by atoms with E-state index in [-0.39, 0.29) is 11.7 Å². The van der Waals surface area contributed by atoms with E-state index >= 15 is 0 Å². The number of ether oxygens (including phenoxy) is 1. The number of aliphatic carboxylic acids is 1. The van der Waals surface area contributed by atoms with Gasteiger partial charge >= 0.3 is 5.97 Å². The van der Waals surface area contributed by atoms with E-state index < -0.39 is 5.97 Å².